The molecule has 1 aromatic rings. The molecule has 1 atom stereocenters. The van der Waals surface area contributed by atoms with Gasteiger partial charge in [0.15, 0.2) is 9.84 Å². The molecular formula is C14H17NO5S. The summed E-state index contributed by atoms with van der Waals surface area (Å²) in [5.41, 5.74) is 0.584. The second kappa shape index (κ2) is 7.03. The lowest BCUT2D eigenvalue weighted by Gasteiger charge is -2.12. The van der Waals surface area contributed by atoms with E-state index in [1.165, 1.54) is 32.2 Å². The molecule has 0 saturated carbocycles. The molecule has 0 aliphatic carbocycles. The summed E-state index contributed by atoms with van der Waals surface area (Å²) >= 11 is 0. The van der Waals surface area contributed by atoms with Crippen LogP contribution >= 0.6 is 0 Å². The van der Waals surface area contributed by atoms with Crippen molar-refractivity contribution in [2.45, 2.75) is 12.2 Å². The first-order chi connectivity index (χ1) is 9.81. The predicted molar refractivity (Wildman–Crippen MR) is 79.9 cm³/mol. The van der Waals surface area contributed by atoms with Crippen LogP contribution in [0.3, 0.4) is 0 Å². The van der Waals surface area contributed by atoms with E-state index in [0.717, 1.165) is 0 Å². The van der Waals surface area contributed by atoms with Crippen LogP contribution in [0, 0.1) is 0 Å². The van der Waals surface area contributed by atoms with Crippen molar-refractivity contribution in [1.82, 2.24) is 0 Å². The second-order valence-electron chi connectivity index (χ2n) is 4.32. The van der Waals surface area contributed by atoms with Crippen LogP contribution in [0.1, 0.15) is 17.3 Å². The van der Waals surface area contributed by atoms with Crippen molar-refractivity contribution < 1.29 is 22.7 Å². The summed E-state index contributed by atoms with van der Waals surface area (Å²) in [6.07, 6.45) is 1.23. The molecule has 7 heteroatoms. The van der Waals surface area contributed by atoms with Crippen LogP contribution < -0.4 is 5.32 Å². The molecule has 0 spiro atoms. The molecule has 0 heterocycles. The van der Waals surface area contributed by atoms with Crippen molar-refractivity contribution in [1.29, 1.82) is 0 Å². The summed E-state index contributed by atoms with van der Waals surface area (Å²) in [6, 6.07) is 6.05. The number of sulfone groups is 1. The van der Waals surface area contributed by atoms with E-state index in [4.69, 9.17) is 0 Å². The smallest absolute Gasteiger partial charge is 0.337 e. The van der Waals surface area contributed by atoms with Crippen molar-refractivity contribution in [3.8, 4) is 0 Å². The fourth-order valence-corrected chi connectivity index (χ4v) is 2.56. The third-order valence-corrected chi connectivity index (χ3v) is 4.80. The van der Waals surface area contributed by atoms with Gasteiger partial charge in [0.2, 0.25) is 5.91 Å². The van der Waals surface area contributed by atoms with Gasteiger partial charge >= 0.3 is 5.97 Å². The molecule has 0 saturated heterocycles. The molecule has 1 aromatic carbocycles. The molecule has 0 fully saturated rings. The summed E-state index contributed by atoms with van der Waals surface area (Å²) in [7, 11) is -2.33. The Kier molecular flexibility index (Phi) is 5.66. The van der Waals surface area contributed by atoms with E-state index in [-0.39, 0.29) is 11.3 Å². The average Bonchev–Trinajstić information content (AvgIpc) is 2.45. The Hall–Kier alpha value is -2.15. The van der Waals surface area contributed by atoms with Crippen LogP contribution in [0.4, 0.5) is 5.69 Å². The number of amides is 1. The lowest BCUT2D eigenvalue weighted by molar-refractivity contribution is -0.115. The Bertz CT molecular complexity index is 651. The van der Waals surface area contributed by atoms with E-state index in [1.807, 2.05) is 0 Å². The first-order valence-corrected chi connectivity index (χ1v) is 7.85. The maximum atomic E-state index is 11.9. The fraction of sp³-hybridized carbons (Fsp3) is 0.286. The molecule has 0 aliphatic heterocycles. The van der Waals surface area contributed by atoms with Gasteiger partial charge in [0.25, 0.3) is 0 Å². The second-order valence-corrected chi connectivity index (χ2v) is 6.69. The minimum atomic E-state index is -3.58. The Morgan fingerprint density at radius 3 is 2.67 bits per heavy atom. The molecule has 6 nitrogen and oxygen atoms in total. The largest absolute Gasteiger partial charge is 0.465 e. The monoisotopic (exact) mass is 311 g/mol. The van der Waals surface area contributed by atoms with Crippen LogP contribution in [0.5, 0.6) is 0 Å². The minimum absolute atomic E-state index is 0.261. The van der Waals surface area contributed by atoms with Gasteiger partial charge in [-0.25, -0.2) is 13.2 Å². The summed E-state index contributed by atoms with van der Waals surface area (Å²) in [4.78, 5) is 23.3. The lowest BCUT2D eigenvalue weighted by Crippen LogP contribution is -2.33. The highest BCUT2D eigenvalue weighted by molar-refractivity contribution is 7.92. The summed E-state index contributed by atoms with van der Waals surface area (Å²) in [5, 5.41) is 1.25. The van der Waals surface area contributed by atoms with E-state index in [9.17, 15) is 18.0 Å². The normalized spacial score (nSPS) is 12.3. The maximum absolute atomic E-state index is 11.9. The summed E-state index contributed by atoms with van der Waals surface area (Å²) in [6.45, 7) is 4.65. The number of methoxy groups -OCH3 is 1. The molecule has 1 amide bonds. The maximum Gasteiger partial charge on any atom is 0.337 e. The molecule has 0 aliphatic rings. The predicted octanol–water partition coefficient (Wildman–Crippen LogP) is 1.40. The van der Waals surface area contributed by atoms with Crippen LogP contribution in [0.15, 0.2) is 36.9 Å². The summed E-state index contributed by atoms with van der Waals surface area (Å²) < 4.78 is 28.1. The van der Waals surface area contributed by atoms with Crippen molar-refractivity contribution in [3.63, 3.8) is 0 Å². The van der Waals surface area contributed by atoms with Crippen LogP contribution in [0.2, 0.25) is 0 Å². The van der Waals surface area contributed by atoms with Gasteiger partial charge in [-0.3, -0.25) is 4.79 Å². The number of hydrogen-bond acceptors (Lipinski definition) is 5. The molecular weight excluding hydrogens is 294 g/mol. The number of hydrogen-bond donors (Lipinski definition) is 1. The van der Waals surface area contributed by atoms with Crippen molar-refractivity contribution in [2.75, 3.05) is 18.2 Å². The quantitative estimate of drug-likeness (QED) is 0.633. The third-order valence-electron chi connectivity index (χ3n) is 2.81. The van der Waals surface area contributed by atoms with Gasteiger partial charge in [-0.05, 0) is 25.1 Å². The Morgan fingerprint density at radius 2 is 2.10 bits per heavy atom. The number of carbonyl (C=O) groups is 2. The molecule has 0 aromatic heterocycles. The van der Waals surface area contributed by atoms with Crippen molar-refractivity contribution >= 4 is 27.4 Å². The highest BCUT2D eigenvalue weighted by Gasteiger charge is 2.26. The number of ether oxygens (including phenoxy) is 1. The SMILES string of the molecule is C=CCS(=O)(=O)C(C)C(=O)Nc1cccc(C(=O)OC)c1. The zero-order valence-corrected chi connectivity index (χ0v) is 12.6. The fourth-order valence-electron chi connectivity index (χ4n) is 1.56. The van der Waals surface area contributed by atoms with Crippen molar-refractivity contribution in [3.05, 3.63) is 42.5 Å². The van der Waals surface area contributed by atoms with Gasteiger partial charge in [-0.2, -0.15) is 0 Å². The van der Waals surface area contributed by atoms with Crippen LogP contribution in [0.25, 0.3) is 0 Å². The van der Waals surface area contributed by atoms with E-state index < -0.39 is 27.0 Å². The van der Waals surface area contributed by atoms with Gasteiger partial charge in [-0.15, -0.1) is 6.58 Å². The summed E-state index contributed by atoms with van der Waals surface area (Å²) in [5.74, 6) is -1.48. The molecule has 0 bridgehead atoms. The van der Waals surface area contributed by atoms with Gasteiger partial charge in [0, 0.05) is 5.69 Å². The van der Waals surface area contributed by atoms with Crippen LogP contribution in [-0.4, -0.2) is 38.4 Å². The van der Waals surface area contributed by atoms with E-state index in [0.29, 0.717) is 5.69 Å². The van der Waals surface area contributed by atoms with Gasteiger partial charge in [0.1, 0.15) is 5.25 Å². The molecule has 114 valence electrons. The molecule has 1 N–H and O–H groups in total. The minimum Gasteiger partial charge on any atom is -0.465 e. The Balaban J connectivity index is 2.89. The Labute approximate surface area is 123 Å². The highest BCUT2D eigenvalue weighted by Crippen LogP contribution is 2.13. The number of esters is 1. The van der Waals surface area contributed by atoms with Crippen molar-refractivity contribution in [2.24, 2.45) is 0 Å². The lowest BCUT2D eigenvalue weighted by atomic mass is 10.2. The first-order valence-electron chi connectivity index (χ1n) is 6.13. The number of rotatable bonds is 6. The van der Waals surface area contributed by atoms with Gasteiger partial charge in [-0.1, -0.05) is 12.1 Å². The molecule has 1 rings (SSSR count). The molecule has 0 radical (unpaired) electrons. The number of carbonyl (C=O) groups excluding carboxylic acids is 2. The highest BCUT2D eigenvalue weighted by atomic mass is 32.2. The average molecular weight is 311 g/mol. The van der Waals surface area contributed by atoms with E-state index in [1.54, 1.807) is 12.1 Å². The topological polar surface area (TPSA) is 89.5 Å². The molecule has 1 unspecified atom stereocenters. The standard InChI is InChI=1S/C14H17NO5S/c1-4-8-21(18,19)10(2)13(16)15-12-7-5-6-11(9-12)14(17)20-3/h4-7,9-10H,1,8H2,2-3H3,(H,15,16). The van der Waals surface area contributed by atoms with Gasteiger partial charge in [0.05, 0.1) is 18.4 Å². The third kappa shape index (κ3) is 4.42. The first kappa shape index (κ1) is 16.9. The van der Waals surface area contributed by atoms with E-state index in [2.05, 4.69) is 16.6 Å². The number of anilines is 1. The molecule has 21 heavy (non-hydrogen) atoms. The number of nitrogens with one attached hydrogen (secondary N) is 1. The zero-order chi connectivity index (χ0) is 16.0. The van der Waals surface area contributed by atoms with E-state index >= 15 is 0 Å². The van der Waals surface area contributed by atoms with Crippen LogP contribution in [-0.2, 0) is 19.4 Å². The van der Waals surface area contributed by atoms with Gasteiger partial charge < -0.3 is 10.1 Å². The Morgan fingerprint density at radius 1 is 1.43 bits per heavy atom. The zero-order valence-electron chi connectivity index (χ0n) is 11.8. The number of benzene rings is 1.